The molecule has 1 N–H and O–H groups in total. The molecule has 1 aromatic heterocycles. The summed E-state index contributed by atoms with van der Waals surface area (Å²) in [6.45, 7) is 6.41. The predicted octanol–water partition coefficient (Wildman–Crippen LogP) is 3.77. The molecule has 0 spiro atoms. The molecule has 9 heteroatoms. The first-order chi connectivity index (χ1) is 16.7. The Labute approximate surface area is 205 Å². The van der Waals surface area contributed by atoms with Crippen LogP contribution in [0.3, 0.4) is 0 Å². The first-order valence-electron chi connectivity index (χ1n) is 11.8. The maximum absolute atomic E-state index is 13.2. The molecule has 0 unspecified atom stereocenters. The molecule has 0 bridgehead atoms. The standard InChI is InChI=1S/C26H30N4O4S/c1-4-20-9-5-6-10-22(20)27-26(32)19(3)30-25(31)14-13-23(28-30)21-12-11-18(2)24(17-21)35(33,34)29-15-7-8-16-29/h5-6,9-14,17,19H,4,7-8,15-16H2,1-3H3,(H,27,32)/t19-/m0/s1. The van der Waals surface area contributed by atoms with E-state index < -0.39 is 21.6 Å². The average molecular weight is 495 g/mol. The second-order valence-corrected chi connectivity index (χ2v) is 10.7. The highest BCUT2D eigenvalue weighted by atomic mass is 32.2. The predicted molar refractivity (Wildman–Crippen MR) is 136 cm³/mol. The van der Waals surface area contributed by atoms with E-state index in [2.05, 4.69) is 10.4 Å². The van der Waals surface area contributed by atoms with Crippen LogP contribution in [0.4, 0.5) is 5.69 Å². The number of para-hydroxylation sites is 1. The lowest BCUT2D eigenvalue weighted by molar-refractivity contribution is -0.119. The number of rotatable bonds is 7. The van der Waals surface area contributed by atoms with Gasteiger partial charge in [0.25, 0.3) is 5.56 Å². The summed E-state index contributed by atoms with van der Waals surface area (Å²) >= 11 is 0. The van der Waals surface area contributed by atoms with Crippen LogP contribution < -0.4 is 10.9 Å². The zero-order valence-electron chi connectivity index (χ0n) is 20.2. The minimum absolute atomic E-state index is 0.235. The number of amides is 1. The average Bonchev–Trinajstić information content (AvgIpc) is 3.41. The van der Waals surface area contributed by atoms with Crippen LogP contribution in [0, 0.1) is 6.92 Å². The molecular weight excluding hydrogens is 464 g/mol. The summed E-state index contributed by atoms with van der Waals surface area (Å²) in [5.74, 6) is -0.362. The van der Waals surface area contributed by atoms with Crippen molar-refractivity contribution >= 4 is 21.6 Å². The molecule has 35 heavy (non-hydrogen) atoms. The van der Waals surface area contributed by atoms with Gasteiger partial charge < -0.3 is 5.32 Å². The van der Waals surface area contributed by atoms with Crippen LogP contribution in [0.15, 0.2) is 64.3 Å². The zero-order chi connectivity index (χ0) is 25.2. The van der Waals surface area contributed by atoms with Crippen LogP contribution in [0.2, 0.25) is 0 Å². The van der Waals surface area contributed by atoms with Gasteiger partial charge in [-0.1, -0.05) is 37.3 Å². The Bertz CT molecular complexity index is 1410. The smallest absolute Gasteiger partial charge is 0.267 e. The number of anilines is 1. The van der Waals surface area contributed by atoms with Crippen molar-refractivity contribution in [1.82, 2.24) is 14.1 Å². The van der Waals surface area contributed by atoms with Gasteiger partial charge in [-0.2, -0.15) is 9.40 Å². The van der Waals surface area contributed by atoms with Crippen LogP contribution in [0.5, 0.6) is 0 Å². The van der Waals surface area contributed by atoms with Crippen LogP contribution >= 0.6 is 0 Å². The molecule has 0 aliphatic carbocycles. The Kier molecular flexibility index (Phi) is 7.18. The summed E-state index contributed by atoms with van der Waals surface area (Å²) < 4.78 is 29.0. The molecule has 1 aliphatic heterocycles. The summed E-state index contributed by atoms with van der Waals surface area (Å²) in [5, 5.41) is 7.32. The lowest BCUT2D eigenvalue weighted by Crippen LogP contribution is -2.33. The quantitative estimate of drug-likeness (QED) is 0.539. The highest BCUT2D eigenvalue weighted by Gasteiger charge is 2.29. The third kappa shape index (κ3) is 5.06. The summed E-state index contributed by atoms with van der Waals surface area (Å²) in [6.07, 6.45) is 2.47. The number of aromatic nitrogens is 2. The Morgan fingerprint density at radius 1 is 1.09 bits per heavy atom. The SMILES string of the molecule is CCc1ccccc1NC(=O)[C@H](C)n1nc(-c2ccc(C)c(S(=O)(=O)N3CCCC3)c2)ccc1=O. The van der Waals surface area contributed by atoms with Gasteiger partial charge in [0, 0.05) is 30.4 Å². The molecule has 3 aromatic rings. The van der Waals surface area contributed by atoms with Gasteiger partial charge in [-0.25, -0.2) is 13.1 Å². The van der Waals surface area contributed by atoms with Crippen LogP contribution in [0.25, 0.3) is 11.3 Å². The number of nitrogens with one attached hydrogen (secondary N) is 1. The van der Waals surface area contributed by atoms with E-state index in [0.29, 0.717) is 35.6 Å². The van der Waals surface area contributed by atoms with Crippen molar-refractivity contribution in [2.24, 2.45) is 0 Å². The Balaban J connectivity index is 1.66. The number of hydrogen-bond acceptors (Lipinski definition) is 5. The minimum Gasteiger partial charge on any atom is -0.324 e. The fourth-order valence-corrected chi connectivity index (χ4v) is 6.03. The number of carbonyl (C=O) groups is 1. The highest BCUT2D eigenvalue weighted by Crippen LogP contribution is 2.28. The molecule has 2 aromatic carbocycles. The first-order valence-corrected chi connectivity index (χ1v) is 13.3. The van der Waals surface area contributed by atoms with Crippen molar-refractivity contribution in [3.63, 3.8) is 0 Å². The van der Waals surface area contributed by atoms with Gasteiger partial charge in [0.2, 0.25) is 15.9 Å². The second kappa shape index (κ2) is 10.1. The first kappa shape index (κ1) is 24.8. The molecule has 1 amide bonds. The Morgan fingerprint density at radius 3 is 2.51 bits per heavy atom. The molecule has 0 saturated carbocycles. The highest BCUT2D eigenvalue weighted by molar-refractivity contribution is 7.89. The second-order valence-electron chi connectivity index (χ2n) is 8.77. The van der Waals surface area contributed by atoms with Gasteiger partial charge >= 0.3 is 0 Å². The lowest BCUT2D eigenvalue weighted by Gasteiger charge is -2.18. The van der Waals surface area contributed by atoms with Crippen LogP contribution in [0.1, 0.15) is 43.9 Å². The van der Waals surface area contributed by atoms with Gasteiger partial charge in [-0.3, -0.25) is 9.59 Å². The molecule has 2 heterocycles. The topological polar surface area (TPSA) is 101 Å². The van der Waals surface area contributed by atoms with Crippen molar-refractivity contribution in [2.45, 2.75) is 51.0 Å². The van der Waals surface area contributed by atoms with E-state index in [1.165, 1.54) is 10.4 Å². The van der Waals surface area contributed by atoms with Gasteiger partial charge in [0.05, 0.1) is 10.6 Å². The van der Waals surface area contributed by atoms with E-state index >= 15 is 0 Å². The van der Waals surface area contributed by atoms with Gasteiger partial charge in [0.15, 0.2) is 0 Å². The normalized spacial score (nSPS) is 15.2. The van der Waals surface area contributed by atoms with E-state index in [1.807, 2.05) is 31.2 Å². The molecule has 4 rings (SSSR count). The summed E-state index contributed by atoms with van der Waals surface area (Å²) in [5.41, 5.74) is 2.90. The van der Waals surface area contributed by atoms with E-state index in [1.54, 1.807) is 38.1 Å². The van der Waals surface area contributed by atoms with Gasteiger partial charge in [0.1, 0.15) is 6.04 Å². The zero-order valence-corrected chi connectivity index (χ0v) is 21.0. The van der Waals surface area contributed by atoms with E-state index in [0.717, 1.165) is 29.5 Å². The summed E-state index contributed by atoms with van der Waals surface area (Å²) in [6, 6.07) is 14.7. The molecule has 1 aliphatic rings. The summed E-state index contributed by atoms with van der Waals surface area (Å²) in [4.78, 5) is 25.8. The molecule has 1 fully saturated rings. The fraction of sp³-hybridized carbons (Fsp3) is 0.346. The number of aryl methyl sites for hydroxylation is 2. The Morgan fingerprint density at radius 2 is 1.80 bits per heavy atom. The minimum atomic E-state index is -3.62. The largest absolute Gasteiger partial charge is 0.324 e. The molecule has 0 radical (unpaired) electrons. The van der Waals surface area contributed by atoms with Crippen molar-refractivity contribution in [1.29, 1.82) is 0 Å². The van der Waals surface area contributed by atoms with Crippen LogP contribution in [-0.2, 0) is 21.2 Å². The summed E-state index contributed by atoms with van der Waals surface area (Å²) in [7, 11) is -3.62. The third-order valence-corrected chi connectivity index (χ3v) is 8.43. The number of nitrogens with zero attached hydrogens (tertiary/aromatic N) is 3. The van der Waals surface area contributed by atoms with E-state index in [4.69, 9.17) is 0 Å². The number of carbonyl (C=O) groups excluding carboxylic acids is 1. The lowest BCUT2D eigenvalue weighted by atomic mass is 10.1. The van der Waals surface area contributed by atoms with Crippen molar-refractivity contribution < 1.29 is 13.2 Å². The van der Waals surface area contributed by atoms with Gasteiger partial charge in [-0.05, 0) is 62.4 Å². The molecular formula is C26H30N4O4S. The number of benzene rings is 2. The maximum atomic E-state index is 13.2. The maximum Gasteiger partial charge on any atom is 0.267 e. The third-order valence-electron chi connectivity index (χ3n) is 6.39. The number of hydrogen-bond donors (Lipinski definition) is 1. The monoisotopic (exact) mass is 494 g/mol. The Hall–Kier alpha value is -3.30. The number of sulfonamides is 1. The van der Waals surface area contributed by atoms with Crippen molar-refractivity contribution in [3.05, 3.63) is 76.1 Å². The van der Waals surface area contributed by atoms with E-state index in [-0.39, 0.29) is 10.8 Å². The fourth-order valence-electron chi connectivity index (χ4n) is 4.26. The molecule has 8 nitrogen and oxygen atoms in total. The van der Waals surface area contributed by atoms with Crippen LogP contribution in [-0.4, -0.2) is 41.5 Å². The van der Waals surface area contributed by atoms with Crippen molar-refractivity contribution in [3.8, 4) is 11.3 Å². The van der Waals surface area contributed by atoms with E-state index in [9.17, 15) is 18.0 Å². The molecule has 1 saturated heterocycles. The van der Waals surface area contributed by atoms with Crippen molar-refractivity contribution in [2.75, 3.05) is 18.4 Å². The molecule has 184 valence electrons. The van der Waals surface area contributed by atoms with Gasteiger partial charge in [-0.15, -0.1) is 0 Å². The molecule has 1 atom stereocenters.